The molecule has 2 atom stereocenters. The van der Waals surface area contributed by atoms with E-state index in [1.54, 1.807) is 0 Å². The van der Waals surface area contributed by atoms with Crippen molar-refractivity contribution >= 4 is 10.9 Å². The van der Waals surface area contributed by atoms with Gasteiger partial charge >= 0.3 is 0 Å². The zero-order valence-electron chi connectivity index (χ0n) is 19.6. The lowest BCUT2D eigenvalue weighted by molar-refractivity contribution is 0.00519. The van der Waals surface area contributed by atoms with E-state index in [1.165, 1.54) is 45.3 Å². The van der Waals surface area contributed by atoms with E-state index in [9.17, 15) is 4.39 Å². The predicted molar refractivity (Wildman–Crippen MR) is 133 cm³/mol. The Morgan fingerprint density at radius 2 is 1.76 bits per heavy atom. The van der Waals surface area contributed by atoms with Crippen molar-refractivity contribution in [2.75, 3.05) is 14.1 Å². The number of rotatable bonds is 7. The molecule has 0 N–H and O–H groups in total. The molecule has 1 aliphatic rings. The Bertz CT molecular complexity index is 1260. The summed E-state index contributed by atoms with van der Waals surface area (Å²) in [6, 6.07) is 22.8. The van der Waals surface area contributed by atoms with Crippen LogP contribution in [0.3, 0.4) is 0 Å². The van der Waals surface area contributed by atoms with E-state index >= 15 is 0 Å². The van der Waals surface area contributed by atoms with E-state index in [0.717, 1.165) is 24.9 Å². The summed E-state index contributed by atoms with van der Waals surface area (Å²) in [5, 5.41) is 1.28. The molecule has 33 heavy (non-hydrogen) atoms. The van der Waals surface area contributed by atoms with E-state index in [-0.39, 0.29) is 18.0 Å². The summed E-state index contributed by atoms with van der Waals surface area (Å²) < 4.78 is 21.8. The number of likely N-dealkylation sites (N-methyl/N-ethyl adjacent to an activating group) is 1. The van der Waals surface area contributed by atoms with Crippen LogP contribution < -0.4 is 0 Å². The van der Waals surface area contributed by atoms with Gasteiger partial charge in [0.05, 0.1) is 12.7 Å². The topological polar surface area (TPSA) is 17.4 Å². The van der Waals surface area contributed by atoms with Gasteiger partial charge in [0.25, 0.3) is 0 Å². The SMILES string of the molecule is CCn1ccc2cc(-c3ccc4c(c3)COC4C(CCc3ccc(F)cc3)N(C)C)ccc21. The number of nitrogens with zero attached hydrogens (tertiary/aromatic N) is 2. The number of ether oxygens (including phenoxy) is 1. The van der Waals surface area contributed by atoms with Gasteiger partial charge in [-0.2, -0.15) is 0 Å². The predicted octanol–water partition coefficient (Wildman–Crippen LogP) is 6.60. The van der Waals surface area contributed by atoms with Crippen LogP contribution >= 0.6 is 0 Å². The fourth-order valence-corrected chi connectivity index (χ4v) is 5.08. The van der Waals surface area contributed by atoms with Crippen LogP contribution in [0.1, 0.15) is 36.1 Å². The fraction of sp³-hybridized carbons (Fsp3) is 0.310. The maximum atomic E-state index is 13.2. The molecule has 4 aromatic rings. The lowest BCUT2D eigenvalue weighted by Crippen LogP contribution is -2.34. The summed E-state index contributed by atoms with van der Waals surface area (Å²) >= 11 is 0. The van der Waals surface area contributed by atoms with Gasteiger partial charge in [0.1, 0.15) is 5.82 Å². The Balaban J connectivity index is 1.37. The van der Waals surface area contributed by atoms with Crippen molar-refractivity contribution < 1.29 is 9.13 Å². The molecule has 2 heterocycles. The van der Waals surface area contributed by atoms with Crippen LogP contribution in [0.25, 0.3) is 22.0 Å². The molecule has 1 aliphatic heterocycles. The highest BCUT2D eigenvalue weighted by Crippen LogP contribution is 2.38. The molecule has 0 radical (unpaired) electrons. The zero-order chi connectivity index (χ0) is 22.9. The molecular weight excluding hydrogens is 411 g/mol. The Labute approximate surface area is 195 Å². The number of hydrogen-bond acceptors (Lipinski definition) is 2. The lowest BCUT2D eigenvalue weighted by Gasteiger charge is -2.30. The van der Waals surface area contributed by atoms with Gasteiger partial charge in [0, 0.05) is 29.7 Å². The highest BCUT2D eigenvalue weighted by Gasteiger charge is 2.32. The number of aromatic nitrogens is 1. The van der Waals surface area contributed by atoms with Crippen molar-refractivity contribution in [1.82, 2.24) is 9.47 Å². The first-order valence-corrected chi connectivity index (χ1v) is 11.8. The number of fused-ring (bicyclic) bond motifs is 2. The average Bonchev–Trinajstić information content (AvgIpc) is 3.43. The molecule has 170 valence electrons. The highest BCUT2D eigenvalue weighted by molar-refractivity contribution is 5.85. The van der Waals surface area contributed by atoms with E-state index in [2.05, 4.69) is 79.1 Å². The van der Waals surface area contributed by atoms with E-state index < -0.39 is 0 Å². The highest BCUT2D eigenvalue weighted by atomic mass is 19.1. The van der Waals surface area contributed by atoms with Gasteiger partial charge in [0.2, 0.25) is 0 Å². The Morgan fingerprint density at radius 3 is 2.52 bits per heavy atom. The Hall–Kier alpha value is -2.95. The molecule has 4 heteroatoms. The number of hydrogen-bond donors (Lipinski definition) is 0. The summed E-state index contributed by atoms with van der Waals surface area (Å²) in [5.41, 5.74) is 7.47. The third-order valence-electron chi connectivity index (χ3n) is 6.97. The van der Waals surface area contributed by atoms with Crippen molar-refractivity contribution in [1.29, 1.82) is 0 Å². The molecule has 3 aromatic carbocycles. The minimum Gasteiger partial charge on any atom is -0.367 e. The third kappa shape index (κ3) is 4.33. The Kier molecular flexibility index (Phi) is 6.05. The largest absolute Gasteiger partial charge is 0.367 e. The fourth-order valence-electron chi connectivity index (χ4n) is 5.08. The lowest BCUT2D eigenvalue weighted by atomic mass is 9.92. The van der Waals surface area contributed by atoms with Crippen LogP contribution in [0.4, 0.5) is 4.39 Å². The summed E-state index contributed by atoms with van der Waals surface area (Å²) in [7, 11) is 4.23. The first-order valence-electron chi connectivity index (χ1n) is 11.8. The smallest absolute Gasteiger partial charge is 0.123 e. The molecule has 1 aromatic heterocycles. The van der Waals surface area contributed by atoms with Gasteiger partial charge < -0.3 is 14.2 Å². The maximum absolute atomic E-state index is 13.2. The van der Waals surface area contributed by atoms with Gasteiger partial charge in [-0.1, -0.05) is 30.3 Å². The summed E-state index contributed by atoms with van der Waals surface area (Å²) in [5.74, 6) is -0.186. The second kappa shape index (κ2) is 9.12. The van der Waals surface area contributed by atoms with Crippen molar-refractivity contribution in [3.8, 4) is 11.1 Å². The van der Waals surface area contributed by atoms with Crippen LogP contribution in [0.5, 0.6) is 0 Å². The second-order valence-electron chi connectivity index (χ2n) is 9.22. The van der Waals surface area contributed by atoms with Gasteiger partial charge in [0.15, 0.2) is 0 Å². The minimum atomic E-state index is -0.186. The quantitative estimate of drug-likeness (QED) is 0.321. The van der Waals surface area contributed by atoms with E-state index in [0.29, 0.717) is 6.61 Å². The monoisotopic (exact) mass is 442 g/mol. The molecule has 0 saturated heterocycles. The number of benzene rings is 3. The normalized spacial score (nSPS) is 16.5. The average molecular weight is 443 g/mol. The Morgan fingerprint density at radius 1 is 1.00 bits per heavy atom. The van der Waals surface area contributed by atoms with Crippen LogP contribution in [0.15, 0.2) is 72.9 Å². The van der Waals surface area contributed by atoms with Crippen LogP contribution in [-0.2, 0) is 24.3 Å². The molecule has 0 aliphatic carbocycles. The first-order chi connectivity index (χ1) is 16.0. The van der Waals surface area contributed by atoms with Crippen molar-refractivity contribution in [3.63, 3.8) is 0 Å². The molecule has 0 amide bonds. The van der Waals surface area contributed by atoms with E-state index in [1.807, 2.05) is 12.1 Å². The van der Waals surface area contributed by atoms with Gasteiger partial charge in [-0.3, -0.25) is 0 Å². The third-order valence-corrected chi connectivity index (χ3v) is 6.97. The molecule has 0 spiro atoms. The van der Waals surface area contributed by atoms with E-state index in [4.69, 9.17) is 4.74 Å². The van der Waals surface area contributed by atoms with Gasteiger partial charge in [-0.15, -0.1) is 0 Å². The number of halogens is 1. The summed E-state index contributed by atoms with van der Waals surface area (Å²) in [6.45, 7) is 3.79. The molecule has 3 nitrogen and oxygen atoms in total. The van der Waals surface area contributed by atoms with Crippen LogP contribution in [0, 0.1) is 5.82 Å². The first kappa shape index (κ1) is 21.9. The maximum Gasteiger partial charge on any atom is 0.123 e. The van der Waals surface area contributed by atoms with Crippen LogP contribution in [-0.4, -0.2) is 29.6 Å². The number of aryl methyl sites for hydroxylation is 2. The summed E-state index contributed by atoms with van der Waals surface area (Å²) in [4.78, 5) is 2.25. The van der Waals surface area contributed by atoms with Crippen molar-refractivity contribution in [2.45, 2.75) is 45.1 Å². The standard InChI is InChI=1S/C29H31FN2O/c1-4-32-16-15-23-17-22(9-14-27(23)32)21-8-12-26-24(18-21)19-33-29(26)28(31(2)3)13-7-20-5-10-25(30)11-6-20/h5-6,8-12,14-18,28-29H,4,7,13,19H2,1-3H3. The van der Waals surface area contributed by atoms with Crippen LogP contribution in [0.2, 0.25) is 0 Å². The molecule has 2 unspecified atom stereocenters. The molecule has 5 rings (SSSR count). The second-order valence-corrected chi connectivity index (χ2v) is 9.22. The summed E-state index contributed by atoms with van der Waals surface area (Å²) in [6.07, 6.45) is 4.05. The molecular formula is C29H31FN2O. The van der Waals surface area contributed by atoms with Crippen molar-refractivity contribution in [2.24, 2.45) is 0 Å². The molecule has 0 fully saturated rings. The molecule has 0 bridgehead atoms. The zero-order valence-corrected chi connectivity index (χ0v) is 19.6. The van der Waals surface area contributed by atoms with Gasteiger partial charge in [-0.05, 0) is 98.1 Å². The van der Waals surface area contributed by atoms with Gasteiger partial charge in [-0.25, -0.2) is 4.39 Å². The minimum absolute atomic E-state index is 0.0468. The van der Waals surface area contributed by atoms with Crippen molar-refractivity contribution in [3.05, 3.63) is 95.4 Å². The molecule has 0 saturated carbocycles.